The second-order valence-electron chi connectivity index (χ2n) is 2.04. The van der Waals surface area contributed by atoms with Crippen molar-refractivity contribution >= 4 is 11.6 Å². The monoisotopic (exact) mass is 144 g/mol. The first-order valence-electron chi connectivity index (χ1n) is 3.39. The molecule has 1 heteroatoms. The molecular weight excluding hydrogens is 132 g/mol. The van der Waals surface area contributed by atoms with Gasteiger partial charge in [-0.2, -0.15) is 0 Å². The van der Waals surface area contributed by atoms with Crippen LogP contribution in [0.1, 0.15) is 33.1 Å². The topological polar surface area (TPSA) is 0 Å². The predicted molar refractivity (Wildman–Crippen MR) is 42.6 cm³/mol. The van der Waals surface area contributed by atoms with Crippen molar-refractivity contribution in [3.63, 3.8) is 0 Å². The molecule has 0 saturated heterocycles. The largest absolute Gasteiger partial charge is 0.109 e. The second-order valence-corrected chi connectivity index (χ2v) is 2.70. The number of hydrogen-bond donors (Lipinski definition) is 0. The standard InChI is InChI=1S/C8H13Cl/c1-3-4-5-6-7-8(2)9/h8H,3-5H2,1-2H3. The van der Waals surface area contributed by atoms with Gasteiger partial charge in [0.1, 0.15) is 0 Å². The minimum Gasteiger partial charge on any atom is -0.109 e. The smallest absolute Gasteiger partial charge is 0.0915 e. The summed E-state index contributed by atoms with van der Waals surface area (Å²) in [6.07, 6.45) is 3.40. The van der Waals surface area contributed by atoms with Gasteiger partial charge in [0.25, 0.3) is 0 Å². The van der Waals surface area contributed by atoms with Crippen LogP contribution in [0.4, 0.5) is 0 Å². The van der Waals surface area contributed by atoms with Crippen LogP contribution in [0.5, 0.6) is 0 Å². The Kier molecular flexibility index (Phi) is 5.88. The van der Waals surface area contributed by atoms with Crippen LogP contribution in [0.15, 0.2) is 0 Å². The van der Waals surface area contributed by atoms with E-state index in [4.69, 9.17) is 11.6 Å². The van der Waals surface area contributed by atoms with Gasteiger partial charge in [-0.1, -0.05) is 19.3 Å². The first-order chi connectivity index (χ1) is 4.27. The molecule has 0 aliphatic carbocycles. The van der Waals surface area contributed by atoms with E-state index in [2.05, 4.69) is 18.8 Å². The Hall–Kier alpha value is -0.150. The van der Waals surface area contributed by atoms with Gasteiger partial charge in [0.2, 0.25) is 0 Å². The molecule has 0 nitrogen and oxygen atoms in total. The van der Waals surface area contributed by atoms with Crippen molar-refractivity contribution in [2.24, 2.45) is 0 Å². The van der Waals surface area contributed by atoms with Crippen molar-refractivity contribution in [2.45, 2.75) is 38.5 Å². The summed E-state index contributed by atoms with van der Waals surface area (Å²) in [7, 11) is 0. The van der Waals surface area contributed by atoms with E-state index in [9.17, 15) is 0 Å². The van der Waals surface area contributed by atoms with Gasteiger partial charge in [-0.25, -0.2) is 0 Å². The van der Waals surface area contributed by atoms with Gasteiger partial charge in [0, 0.05) is 6.42 Å². The van der Waals surface area contributed by atoms with E-state index in [1.54, 1.807) is 0 Å². The molecule has 0 rings (SSSR count). The van der Waals surface area contributed by atoms with E-state index in [1.165, 1.54) is 12.8 Å². The van der Waals surface area contributed by atoms with Gasteiger partial charge >= 0.3 is 0 Å². The van der Waals surface area contributed by atoms with Crippen LogP contribution < -0.4 is 0 Å². The zero-order chi connectivity index (χ0) is 7.11. The van der Waals surface area contributed by atoms with Crippen molar-refractivity contribution in [2.75, 3.05) is 0 Å². The predicted octanol–water partition coefficient (Wildman–Crippen LogP) is 2.81. The molecular formula is C8H13Cl. The summed E-state index contributed by atoms with van der Waals surface area (Å²) in [6.45, 7) is 4.05. The highest BCUT2D eigenvalue weighted by molar-refractivity contribution is 6.22. The fourth-order valence-corrected chi connectivity index (χ4v) is 0.555. The summed E-state index contributed by atoms with van der Waals surface area (Å²) >= 11 is 5.58. The van der Waals surface area contributed by atoms with Crippen LogP contribution in [0.3, 0.4) is 0 Å². The molecule has 9 heavy (non-hydrogen) atoms. The lowest BCUT2D eigenvalue weighted by Crippen LogP contribution is -1.81. The SMILES string of the molecule is CCCCC#CC(C)Cl. The lowest BCUT2D eigenvalue weighted by Gasteiger charge is -1.85. The fourth-order valence-electron chi connectivity index (χ4n) is 0.478. The lowest BCUT2D eigenvalue weighted by molar-refractivity contribution is 0.827. The van der Waals surface area contributed by atoms with Crippen LogP contribution in [0, 0.1) is 11.8 Å². The Labute approximate surface area is 62.6 Å². The normalized spacial score (nSPS) is 11.9. The van der Waals surface area contributed by atoms with Gasteiger partial charge in [0.15, 0.2) is 0 Å². The zero-order valence-corrected chi connectivity index (χ0v) is 6.83. The number of hydrogen-bond acceptors (Lipinski definition) is 0. The average molecular weight is 145 g/mol. The summed E-state index contributed by atoms with van der Waals surface area (Å²) in [6, 6.07) is 0. The molecule has 0 heterocycles. The molecule has 0 aliphatic rings. The Bertz CT molecular complexity index is 105. The highest BCUT2D eigenvalue weighted by atomic mass is 35.5. The van der Waals surface area contributed by atoms with Gasteiger partial charge < -0.3 is 0 Å². The van der Waals surface area contributed by atoms with E-state index < -0.39 is 0 Å². The molecule has 52 valence electrons. The van der Waals surface area contributed by atoms with E-state index >= 15 is 0 Å². The maximum absolute atomic E-state index is 5.58. The number of unbranched alkanes of at least 4 members (excludes halogenated alkanes) is 2. The third-order valence-electron chi connectivity index (χ3n) is 0.956. The summed E-state index contributed by atoms with van der Waals surface area (Å²) in [5.41, 5.74) is 0. The third kappa shape index (κ3) is 7.85. The van der Waals surface area contributed by atoms with Crippen LogP contribution in [0.2, 0.25) is 0 Å². The molecule has 0 aliphatic heterocycles. The summed E-state index contributed by atoms with van der Waals surface area (Å²) in [5, 5.41) is 0.0156. The fraction of sp³-hybridized carbons (Fsp3) is 0.750. The molecule has 0 aromatic heterocycles. The summed E-state index contributed by atoms with van der Waals surface area (Å²) in [5.74, 6) is 5.90. The maximum Gasteiger partial charge on any atom is 0.0915 e. The number of rotatable bonds is 2. The Balaban J connectivity index is 3.16. The van der Waals surface area contributed by atoms with Crippen molar-refractivity contribution in [1.82, 2.24) is 0 Å². The van der Waals surface area contributed by atoms with Crippen LogP contribution in [-0.4, -0.2) is 5.38 Å². The van der Waals surface area contributed by atoms with Gasteiger partial charge in [-0.15, -0.1) is 17.5 Å². The van der Waals surface area contributed by atoms with Gasteiger partial charge in [0.05, 0.1) is 5.38 Å². The Morgan fingerprint density at radius 2 is 2.22 bits per heavy atom. The molecule has 0 aromatic carbocycles. The Morgan fingerprint density at radius 3 is 2.67 bits per heavy atom. The van der Waals surface area contributed by atoms with Gasteiger partial charge in [-0.3, -0.25) is 0 Å². The Morgan fingerprint density at radius 1 is 1.56 bits per heavy atom. The third-order valence-corrected chi connectivity index (χ3v) is 1.07. The van der Waals surface area contributed by atoms with E-state index in [0.717, 1.165) is 6.42 Å². The highest BCUT2D eigenvalue weighted by Gasteiger charge is 1.82. The first kappa shape index (κ1) is 8.85. The number of alkyl halides is 1. The highest BCUT2D eigenvalue weighted by Crippen LogP contribution is 1.93. The average Bonchev–Trinajstić information content (AvgIpc) is 1.80. The van der Waals surface area contributed by atoms with E-state index in [0.29, 0.717) is 0 Å². The molecule has 0 fully saturated rings. The van der Waals surface area contributed by atoms with Crippen LogP contribution >= 0.6 is 11.6 Å². The summed E-state index contributed by atoms with van der Waals surface area (Å²) < 4.78 is 0. The minimum absolute atomic E-state index is 0.0156. The van der Waals surface area contributed by atoms with Crippen molar-refractivity contribution in [1.29, 1.82) is 0 Å². The maximum atomic E-state index is 5.58. The lowest BCUT2D eigenvalue weighted by atomic mass is 10.2. The molecule has 0 amide bonds. The van der Waals surface area contributed by atoms with Gasteiger partial charge in [-0.05, 0) is 13.3 Å². The minimum atomic E-state index is 0.0156. The molecule has 0 radical (unpaired) electrons. The molecule has 0 bridgehead atoms. The first-order valence-corrected chi connectivity index (χ1v) is 3.83. The van der Waals surface area contributed by atoms with Crippen molar-refractivity contribution < 1.29 is 0 Å². The second kappa shape index (κ2) is 5.98. The molecule has 0 spiro atoms. The zero-order valence-electron chi connectivity index (χ0n) is 6.08. The van der Waals surface area contributed by atoms with Crippen molar-refractivity contribution in [3.8, 4) is 11.8 Å². The molecule has 1 unspecified atom stereocenters. The quantitative estimate of drug-likeness (QED) is 0.318. The van der Waals surface area contributed by atoms with Crippen LogP contribution in [-0.2, 0) is 0 Å². The number of halogens is 1. The van der Waals surface area contributed by atoms with E-state index in [1.807, 2.05) is 6.92 Å². The molecule has 0 aromatic rings. The molecule has 0 N–H and O–H groups in total. The van der Waals surface area contributed by atoms with Crippen LogP contribution in [0.25, 0.3) is 0 Å². The van der Waals surface area contributed by atoms with E-state index in [-0.39, 0.29) is 5.38 Å². The molecule has 0 saturated carbocycles. The summed E-state index contributed by atoms with van der Waals surface area (Å²) in [4.78, 5) is 0. The van der Waals surface area contributed by atoms with Crippen molar-refractivity contribution in [3.05, 3.63) is 0 Å². The molecule has 1 atom stereocenters.